The highest BCUT2D eigenvalue weighted by atomic mass is 79.9. The van der Waals surface area contributed by atoms with Crippen molar-refractivity contribution in [2.45, 2.75) is 12.5 Å². The number of hydrazine groups is 1. The van der Waals surface area contributed by atoms with Gasteiger partial charge < -0.3 is 5.73 Å². The summed E-state index contributed by atoms with van der Waals surface area (Å²) in [6.07, 6.45) is 2.42. The molecule has 94 valence electrons. The molecule has 0 saturated carbocycles. The lowest BCUT2D eigenvalue weighted by atomic mass is 10.00. The van der Waals surface area contributed by atoms with E-state index < -0.39 is 0 Å². The van der Waals surface area contributed by atoms with E-state index in [2.05, 4.69) is 32.4 Å². The van der Waals surface area contributed by atoms with Gasteiger partial charge in [-0.25, -0.2) is 4.98 Å². The van der Waals surface area contributed by atoms with Gasteiger partial charge in [0.1, 0.15) is 5.82 Å². The Hall–Kier alpha value is -1.43. The normalized spacial score (nSPS) is 12.3. The number of nitrogens with two attached hydrogens (primary N) is 2. The van der Waals surface area contributed by atoms with Crippen molar-refractivity contribution in [2.24, 2.45) is 5.84 Å². The number of hydrogen-bond donors (Lipinski definition) is 3. The fraction of sp³-hybridized carbons (Fsp3) is 0.154. The summed E-state index contributed by atoms with van der Waals surface area (Å²) in [5.74, 6) is 6.13. The first-order valence-corrected chi connectivity index (χ1v) is 6.41. The topological polar surface area (TPSA) is 77.0 Å². The maximum Gasteiger partial charge on any atom is 0.128 e. The Labute approximate surface area is 115 Å². The van der Waals surface area contributed by atoms with E-state index >= 15 is 0 Å². The molecule has 5 heteroatoms. The van der Waals surface area contributed by atoms with Gasteiger partial charge in [-0.3, -0.25) is 11.3 Å². The number of rotatable bonds is 4. The van der Waals surface area contributed by atoms with E-state index in [9.17, 15) is 0 Å². The van der Waals surface area contributed by atoms with Gasteiger partial charge in [-0.2, -0.15) is 0 Å². The number of anilines is 1. The van der Waals surface area contributed by atoms with E-state index in [1.54, 1.807) is 6.20 Å². The number of nitrogens with zero attached hydrogens (tertiary/aromatic N) is 1. The maximum absolute atomic E-state index is 5.87. The third-order valence-corrected chi connectivity index (χ3v) is 3.60. The van der Waals surface area contributed by atoms with E-state index in [1.807, 2.05) is 30.3 Å². The van der Waals surface area contributed by atoms with Crippen molar-refractivity contribution < 1.29 is 0 Å². The standard InChI is InChI=1S/C13H15BrN4/c14-11-6-2-1-4-9(11)8-12(18-16)10-5-3-7-17-13(10)15/h1-7,12,18H,8,16H2,(H2,15,17). The summed E-state index contributed by atoms with van der Waals surface area (Å²) in [5.41, 5.74) is 10.7. The van der Waals surface area contributed by atoms with Crippen LogP contribution in [0.5, 0.6) is 0 Å². The van der Waals surface area contributed by atoms with Crippen LogP contribution in [0.1, 0.15) is 17.2 Å². The van der Waals surface area contributed by atoms with Crippen LogP contribution in [0.15, 0.2) is 47.1 Å². The number of nitrogens with one attached hydrogen (secondary N) is 1. The van der Waals surface area contributed by atoms with Crippen LogP contribution in [-0.4, -0.2) is 4.98 Å². The first kappa shape index (κ1) is 13.0. The number of benzene rings is 1. The largest absolute Gasteiger partial charge is 0.383 e. The van der Waals surface area contributed by atoms with Crippen LogP contribution >= 0.6 is 15.9 Å². The van der Waals surface area contributed by atoms with E-state index in [1.165, 1.54) is 5.56 Å². The van der Waals surface area contributed by atoms with Crippen molar-refractivity contribution in [1.29, 1.82) is 0 Å². The molecule has 1 atom stereocenters. The van der Waals surface area contributed by atoms with Crippen LogP contribution in [-0.2, 0) is 6.42 Å². The summed E-state index contributed by atoms with van der Waals surface area (Å²) < 4.78 is 1.06. The Kier molecular flexibility index (Phi) is 4.30. The smallest absolute Gasteiger partial charge is 0.128 e. The van der Waals surface area contributed by atoms with Crippen molar-refractivity contribution in [3.63, 3.8) is 0 Å². The molecule has 1 unspecified atom stereocenters. The third kappa shape index (κ3) is 2.87. The van der Waals surface area contributed by atoms with Crippen LogP contribution in [0.2, 0.25) is 0 Å². The molecule has 1 aromatic carbocycles. The summed E-state index contributed by atoms with van der Waals surface area (Å²) >= 11 is 3.53. The molecule has 0 bridgehead atoms. The summed E-state index contributed by atoms with van der Waals surface area (Å²) in [4.78, 5) is 4.08. The monoisotopic (exact) mass is 306 g/mol. The SMILES string of the molecule is NNC(Cc1ccccc1Br)c1cccnc1N. The molecule has 0 aliphatic carbocycles. The summed E-state index contributed by atoms with van der Waals surface area (Å²) in [6, 6.07) is 11.8. The molecule has 2 rings (SSSR count). The van der Waals surface area contributed by atoms with Gasteiger partial charge in [0, 0.05) is 16.2 Å². The Morgan fingerprint density at radius 2 is 2.00 bits per heavy atom. The van der Waals surface area contributed by atoms with E-state index in [0.29, 0.717) is 5.82 Å². The molecule has 18 heavy (non-hydrogen) atoms. The van der Waals surface area contributed by atoms with Crippen LogP contribution in [0.25, 0.3) is 0 Å². The summed E-state index contributed by atoms with van der Waals surface area (Å²) in [5, 5.41) is 0. The predicted octanol–water partition coefficient (Wildman–Crippen LogP) is 2.17. The van der Waals surface area contributed by atoms with Gasteiger partial charge >= 0.3 is 0 Å². The predicted molar refractivity (Wildman–Crippen MR) is 76.6 cm³/mol. The molecular weight excluding hydrogens is 292 g/mol. The zero-order valence-electron chi connectivity index (χ0n) is 9.81. The lowest BCUT2D eigenvalue weighted by Gasteiger charge is -2.18. The van der Waals surface area contributed by atoms with E-state index in [0.717, 1.165) is 16.5 Å². The Morgan fingerprint density at radius 1 is 1.22 bits per heavy atom. The Balaban J connectivity index is 2.26. The van der Waals surface area contributed by atoms with Crippen LogP contribution < -0.4 is 17.0 Å². The molecule has 0 amide bonds. The quantitative estimate of drug-likeness (QED) is 0.597. The summed E-state index contributed by atoms with van der Waals surface area (Å²) in [7, 11) is 0. The molecule has 0 saturated heterocycles. The first-order valence-electron chi connectivity index (χ1n) is 5.62. The fourth-order valence-electron chi connectivity index (χ4n) is 1.87. The lowest BCUT2D eigenvalue weighted by molar-refractivity contribution is 0.551. The highest BCUT2D eigenvalue weighted by Crippen LogP contribution is 2.25. The number of hydrogen-bond acceptors (Lipinski definition) is 4. The molecule has 0 radical (unpaired) electrons. The van der Waals surface area contributed by atoms with E-state index in [-0.39, 0.29) is 6.04 Å². The van der Waals surface area contributed by atoms with Crippen LogP contribution in [0.3, 0.4) is 0 Å². The van der Waals surface area contributed by atoms with Gasteiger partial charge in [-0.05, 0) is 24.1 Å². The van der Waals surface area contributed by atoms with Gasteiger partial charge in [0.2, 0.25) is 0 Å². The zero-order valence-corrected chi connectivity index (χ0v) is 11.4. The van der Waals surface area contributed by atoms with Crippen molar-refractivity contribution in [1.82, 2.24) is 10.4 Å². The second kappa shape index (κ2) is 5.95. The zero-order chi connectivity index (χ0) is 13.0. The van der Waals surface area contributed by atoms with Gasteiger partial charge in [0.25, 0.3) is 0 Å². The minimum atomic E-state index is -0.0580. The third-order valence-electron chi connectivity index (χ3n) is 2.83. The van der Waals surface area contributed by atoms with Crippen molar-refractivity contribution >= 4 is 21.7 Å². The van der Waals surface area contributed by atoms with Crippen LogP contribution in [0.4, 0.5) is 5.82 Å². The molecule has 1 heterocycles. The molecule has 4 nitrogen and oxygen atoms in total. The Bertz CT molecular complexity index is 530. The fourth-order valence-corrected chi connectivity index (χ4v) is 2.31. The van der Waals surface area contributed by atoms with Gasteiger partial charge in [0.05, 0.1) is 6.04 Å². The molecule has 0 aliphatic heterocycles. The molecule has 0 spiro atoms. The maximum atomic E-state index is 5.87. The highest BCUT2D eigenvalue weighted by Gasteiger charge is 2.15. The summed E-state index contributed by atoms with van der Waals surface area (Å²) in [6.45, 7) is 0. The number of nitrogen functional groups attached to an aromatic ring is 1. The van der Waals surface area contributed by atoms with Crippen molar-refractivity contribution in [3.05, 3.63) is 58.2 Å². The minimum Gasteiger partial charge on any atom is -0.383 e. The average molecular weight is 307 g/mol. The van der Waals surface area contributed by atoms with Crippen LogP contribution in [0, 0.1) is 0 Å². The Morgan fingerprint density at radius 3 is 2.67 bits per heavy atom. The number of pyridine rings is 1. The van der Waals surface area contributed by atoms with Crippen molar-refractivity contribution in [2.75, 3.05) is 5.73 Å². The van der Waals surface area contributed by atoms with Crippen molar-refractivity contribution in [3.8, 4) is 0 Å². The lowest BCUT2D eigenvalue weighted by Crippen LogP contribution is -2.30. The molecule has 1 aromatic heterocycles. The molecule has 5 N–H and O–H groups in total. The van der Waals surface area contributed by atoms with E-state index in [4.69, 9.17) is 11.6 Å². The number of halogens is 1. The average Bonchev–Trinajstić information content (AvgIpc) is 2.39. The molecule has 0 aliphatic rings. The molecule has 0 fully saturated rings. The second-order valence-electron chi connectivity index (χ2n) is 3.99. The van der Waals surface area contributed by atoms with Gasteiger partial charge in [0.15, 0.2) is 0 Å². The minimum absolute atomic E-state index is 0.0580. The molecule has 2 aromatic rings. The highest BCUT2D eigenvalue weighted by molar-refractivity contribution is 9.10. The van der Waals surface area contributed by atoms with Gasteiger partial charge in [-0.1, -0.05) is 40.2 Å². The number of aromatic nitrogens is 1. The first-order chi connectivity index (χ1) is 8.72. The molecular formula is C13H15BrN4. The second-order valence-corrected chi connectivity index (χ2v) is 4.85. The van der Waals surface area contributed by atoms with Gasteiger partial charge in [-0.15, -0.1) is 0 Å².